The Bertz CT molecular complexity index is 917. The number of carbonyl (C=O) groups is 2. The Morgan fingerprint density at radius 2 is 2.08 bits per heavy atom. The number of halogens is 1. The number of hydrogen-bond acceptors (Lipinski definition) is 7. The third-order valence-electron chi connectivity index (χ3n) is 3.18. The molecule has 2 heterocycles. The number of ether oxygens (including phenoxy) is 2. The summed E-state index contributed by atoms with van der Waals surface area (Å²) in [6.07, 6.45) is 0. The molecule has 0 N–H and O–H groups in total. The Balaban J connectivity index is 1.64. The molecule has 128 valence electrons. The van der Waals surface area contributed by atoms with E-state index in [2.05, 4.69) is 9.72 Å². The summed E-state index contributed by atoms with van der Waals surface area (Å²) in [4.78, 5) is 27.7. The maximum atomic E-state index is 12.1. The predicted molar refractivity (Wildman–Crippen MR) is 91.7 cm³/mol. The van der Waals surface area contributed by atoms with Crippen molar-refractivity contribution in [2.24, 2.45) is 0 Å². The fraction of sp³-hybridized carbons (Fsp3) is 0.118. The highest BCUT2D eigenvalue weighted by atomic mass is 35.5. The van der Waals surface area contributed by atoms with E-state index < -0.39 is 11.9 Å². The van der Waals surface area contributed by atoms with E-state index in [1.165, 1.54) is 30.6 Å². The number of rotatable bonds is 5. The van der Waals surface area contributed by atoms with Crippen LogP contribution >= 0.6 is 22.9 Å². The number of methoxy groups -OCH3 is 1. The molecule has 0 aliphatic heterocycles. The Morgan fingerprint density at radius 1 is 1.24 bits per heavy atom. The van der Waals surface area contributed by atoms with Crippen molar-refractivity contribution in [1.82, 2.24) is 4.98 Å². The van der Waals surface area contributed by atoms with Gasteiger partial charge in [0.1, 0.15) is 17.4 Å². The molecule has 0 bridgehead atoms. The lowest BCUT2D eigenvalue weighted by molar-refractivity contribution is 0.0432. The summed E-state index contributed by atoms with van der Waals surface area (Å²) in [7, 11) is 1.25. The van der Waals surface area contributed by atoms with Gasteiger partial charge in [-0.25, -0.2) is 14.6 Å². The first-order chi connectivity index (χ1) is 12.1. The van der Waals surface area contributed by atoms with Gasteiger partial charge in [-0.3, -0.25) is 0 Å². The second-order valence-electron chi connectivity index (χ2n) is 4.88. The average Bonchev–Trinajstić information content (AvgIpc) is 3.28. The molecular formula is C17H12ClNO5S. The maximum Gasteiger partial charge on any atom is 0.373 e. The summed E-state index contributed by atoms with van der Waals surface area (Å²) >= 11 is 7.28. The number of benzene rings is 1. The second-order valence-corrected chi connectivity index (χ2v) is 6.18. The Hall–Kier alpha value is -2.64. The first-order valence-corrected chi connectivity index (χ1v) is 8.38. The summed E-state index contributed by atoms with van der Waals surface area (Å²) in [6.45, 7) is -0.111. The van der Waals surface area contributed by atoms with Crippen LogP contribution in [0.3, 0.4) is 0 Å². The van der Waals surface area contributed by atoms with Crippen molar-refractivity contribution in [2.45, 2.75) is 6.61 Å². The minimum atomic E-state index is -0.594. The van der Waals surface area contributed by atoms with Crippen molar-refractivity contribution >= 4 is 34.9 Å². The third kappa shape index (κ3) is 4.07. The minimum Gasteiger partial charge on any atom is -0.463 e. The molecule has 25 heavy (non-hydrogen) atoms. The van der Waals surface area contributed by atoms with E-state index in [0.29, 0.717) is 15.8 Å². The molecule has 0 radical (unpaired) electrons. The fourth-order valence-electron chi connectivity index (χ4n) is 2.00. The quantitative estimate of drug-likeness (QED) is 0.620. The Morgan fingerprint density at radius 3 is 2.84 bits per heavy atom. The number of esters is 2. The molecule has 0 saturated carbocycles. The molecule has 0 saturated heterocycles. The lowest BCUT2D eigenvalue weighted by atomic mass is 10.2. The first-order valence-electron chi connectivity index (χ1n) is 7.12. The van der Waals surface area contributed by atoms with E-state index in [9.17, 15) is 9.59 Å². The summed E-state index contributed by atoms with van der Waals surface area (Å²) in [5, 5.41) is 2.87. The van der Waals surface area contributed by atoms with Gasteiger partial charge in [0, 0.05) is 16.0 Å². The first kappa shape index (κ1) is 17.2. The molecule has 0 amide bonds. The van der Waals surface area contributed by atoms with Crippen LogP contribution in [0.4, 0.5) is 0 Å². The normalized spacial score (nSPS) is 10.5. The van der Waals surface area contributed by atoms with Gasteiger partial charge >= 0.3 is 11.9 Å². The highest BCUT2D eigenvalue weighted by molar-refractivity contribution is 7.13. The maximum absolute atomic E-state index is 12.1. The van der Waals surface area contributed by atoms with E-state index in [4.69, 9.17) is 20.8 Å². The Kier molecular flexibility index (Phi) is 5.16. The summed E-state index contributed by atoms with van der Waals surface area (Å²) in [6, 6.07) is 10.2. The van der Waals surface area contributed by atoms with E-state index in [1.54, 1.807) is 17.5 Å². The molecule has 3 rings (SSSR count). The molecule has 2 aromatic heterocycles. The highest BCUT2D eigenvalue weighted by Crippen LogP contribution is 2.26. The second kappa shape index (κ2) is 7.50. The van der Waals surface area contributed by atoms with Gasteiger partial charge in [0.25, 0.3) is 0 Å². The van der Waals surface area contributed by atoms with Gasteiger partial charge in [-0.2, -0.15) is 0 Å². The molecule has 1 aromatic carbocycles. The van der Waals surface area contributed by atoms with Crippen LogP contribution in [0.5, 0.6) is 0 Å². The molecule has 3 aromatic rings. The topological polar surface area (TPSA) is 78.6 Å². The molecule has 0 fully saturated rings. The largest absolute Gasteiger partial charge is 0.463 e. The van der Waals surface area contributed by atoms with Crippen LogP contribution in [0.2, 0.25) is 5.02 Å². The molecular weight excluding hydrogens is 366 g/mol. The van der Waals surface area contributed by atoms with Crippen molar-refractivity contribution in [2.75, 3.05) is 7.11 Å². The van der Waals surface area contributed by atoms with Gasteiger partial charge in [0.2, 0.25) is 5.76 Å². The number of nitrogens with zero attached hydrogens (tertiary/aromatic N) is 1. The van der Waals surface area contributed by atoms with E-state index >= 15 is 0 Å². The van der Waals surface area contributed by atoms with E-state index in [1.807, 2.05) is 12.1 Å². The predicted octanol–water partition coefficient (Wildman–Crippen LogP) is 4.20. The molecule has 0 spiro atoms. The van der Waals surface area contributed by atoms with Crippen LogP contribution in [0.25, 0.3) is 10.6 Å². The Labute approximate surface area is 152 Å². The number of aromatic nitrogens is 1. The van der Waals surface area contributed by atoms with Gasteiger partial charge < -0.3 is 13.9 Å². The molecule has 0 aliphatic rings. The van der Waals surface area contributed by atoms with Crippen LogP contribution in [-0.2, 0) is 16.1 Å². The molecule has 6 nitrogen and oxygen atoms in total. The summed E-state index contributed by atoms with van der Waals surface area (Å²) in [5.41, 5.74) is 1.02. The van der Waals surface area contributed by atoms with Crippen LogP contribution in [0, 0.1) is 0 Å². The number of furan rings is 1. The van der Waals surface area contributed by atoms with Crippen molar-refractivity contribution in [1.29, 1.82) is 0 Å². The van der Waals surface area contributed by atoms with Crippen LogP contribution in [0.1, 0.15) is 26.8 Å². The molecule has 0 atom stereocenters. The van der Waals surface area contributed by atoms with Gasteiger partial charge in [0.15, 0.2) is 5.69 Å². The SMILES string of the molecule is COC(=O)c1ccc(COC(=O)c2csc(-c3cccc(Cl)c3)n2)o1. The molecule has 0 aliphatic carbocycles. The number of carbonyl (C=O) groups excluding carboxylic acids is 2. The third-order valence-corrected chi connectivity index (χ3v) is 4.31. The lowest BCUT2D eigenvalue weighted by Gasteiger charge is -2.00. The average molecular weight is 378 g/mol. The smallest absolute Gasteiger partial charge is 0.373 e. The zero-order valence-electron chi connectivity index (χ0n) is 13.0. The van der Waals surface area contributed by atoms with Crippen molar-refractivity contribution in [3.05, 3.63) is 64.0 Å². The summed E-state index contributed by atoms with van der Waals surface area (Å²) in [5.74, 6) is -0.798. The highest BCUT2D eigenvalue weighted by Gasteiger charge is 2.16. The number of thiazole rings is 1. The van der Waals surface area contributed by atoms with Gasteiger partial charge in [-0.05, 0) is 24.3 Å². The summed E-state index contributed by atoms with van der Waals surface area (Å²) < 4.78 is 14.9. The number of hydrogen-bond donors (Lipinski definition) is 0. The van der Waals surface area contributed by atoms with E-state index in [0.717, 1.165) is 5.56 Å². The van der Waals surface area contributed by atoms with Crippen molar-refractivity contribution < 1.29 is 23.5 Å². The zero-order chi connectivity index (χ0) is 17.8. The molecule has 0 unspecified atom stereocenters. The zero-order valence-corrected chi connectivity index (χ0v) is 14.6. The fourth-order valence-corrected chi connectivity index (χ4v) is 2.97. The van der Waals surface area contributed by atoms with Crippen LogP contribution in [0.15, 0.2) is 46.2 Å². The van der Waals surface area contributed by atoms with Gasteiger partial charge in [-0.15, -0.1) is 11.3 Å². The lowest BCUT2D eigenvalue weighted by Crippen LogP contribution is -2.05. The van der Waals surface area contributed by atoms with Gasteiger partial charge in [-0.1, -0.05) is 23.7 Å². The van der Waals surface area contributed by atoms with Crippen molar-refractivity contribution in [3.8, 4) is 10.6 Å². The van der Waals surface area contributed by atoms with Crippen LogP contribution in [-0.4, -0.2) is 24.0 Å². The minimum absolute atomic E-state index is 0.0467. The van der Waals surface area contributed by atoms with Crippen molar-refractivity contribution in [3.63, 3.8) is 0 Å². The standard InChI is InChI=1S/C17H12ClNO5S/c1-22-17(21)14-6-5-12(24-14)8-23-16(20)13-9-25-15(19-13)10-3-2-4-11(18)7-10/h2-7,9H,8H2,1H3. The van der Waals surface area contributed by atoms with Crippen LogP contribution < -0.4 is 0 Å². The van der Waals surface area contributed by atoms with E-state index in [-0.39, 0.29) is 18.1 Å². The van der Waals surface area contributed by atoms with Gasteiger partial charge in [0.05, 0.1) is 7.11 Å². The monoisotopic (exact) mass is 377 g/mol. The molecule has 8 heteroatoms.